The van der Waals surface area contributed by atoms with Gasteiger partial charge in [0.05, 0.1) is 0 Å². The fourth-order valence-corrected chi connectivity index (χ4v) is 3.04. The summed E-state index contributed by atoms with van der Waals surface area (Å²) in [6.07, 6.45) is 1.33. The lowest BCUT2D eigenvalue weighted by molar-refractivity contribution is -0.130. The molecule has 0 radical (unpaired) electrons. The highest BCUT2D eigenvalue weighted by Gasteiger charge is 2.44. The Balaban J connectivity index is 1.38. The summed E-state index contributed by atoms with van der Waals surface area (Å²) in [4.78, 5) is 12.4. The molecule has 0 bridgehead atoms. The summed E-state index contributed by atoms with van der Waals surface area (Å²) in [6.45, 7) is 0.728. The quantitative estimate of drug-likeness (QED) is 0.939. The van der Waals surface area contributed by atoms with Crippen LogP contribution in [0.1, 0.15) is 18.4 Å². The number of amides is 1. The highest BCUT2D eigenvalue weighted by molar-refractivity contribution is 5.82. The molecule has 1 atom stereocenters. The monoisotopic (exact) mass is 327 g/mol. The van der Waals surface area contributed by atoms with Crippen LogP contribution in [-0.2, 0) is 10.2 Å². The molecule has 4 rings (SSSR count). The molecule has 1 saturated carbocycles. The molecule has 1 heterocycles. The van der Waals surface area contributed by atoms with E-state index in [1.807, 2.05) is 18.2 Å². The number of nitrogens with one attached hydrogen (secondary N) is 1. The third-order valence-corrected chi connectivity index (χ3v) is 4.71. The highest BCUT2D eigenvalue weighted by Crippen LogP contribution is 2.47. The van der Waals surface area contributed by atoms with E-state index in [-0.39, 0.29) is 23.7 Å². The largest absolute Gasteiger partial charge is 0.485 e. The summed E-state index contributed by atoms with van der Waals surface area (Å²) < 4.78 is 24.4. The van der Waals surface area contributed by atoms with Crippen LogP contribution in [0.4, 0.5) is 4.39 Å². The fourth-order valence-electron chi connectivity index (χ4n) is 3.04. The number of carbonyl (C=O) groups is 1. The average molecular weight is 327 g/mol. The molecule has 24 heavy (non-hydrogen) atoms. The van der Waals surface area contributed by atoms with Crippen molar-refractivity contribution >= 4 is 5.91 Å². The first-order valence-electron chi connectivity index (χ1n) is 8.09. The number of carbonyl (C=O) groups excluding carboxylic acids is 1. The van der Waals surface area contributed by atoms with Gasteiger partial charge in [0.1, 0.15) is 12.4 Å². The van der Waals surface area contributed by atoms with Gasteiger partial charge in [0.2, 0.25) is 6.10 Å². The maximum atomic E-state index is 13.1. The van der Waals surface area contributed by atoms with Crippen LogP contribution in [0.2, 0.25) is 0 Å². The van der Waals surface area contributed by atoms with Crippen molar-refractivity contribution in [3.63, 3.8) is 0 Å². The zero-order valence-corrected chi connectivity index (χ0v) is 13.1. The molecule has 5 heteroatoms. The summed E-state index contributed by atoms with van der Waals surface area (Å²) in [5, 5.41) is 2.96. The summed E-state index contributed by atoms with van der Waals surface area (Å²) in [7, 11) is 0. The molecule has 2 aromatic carbocycles. The lowest BCUT2D eigenvalue weighted by Gasteiger charge is -2.26. The van der Waals surface area contributed by atoms with Crippen molar-refractivity contribution < 1.29 is 18.7 Å². The predicted octanol–water partition coefficient (Wildman–Crippen LogP) is 2.81. The number of hydrogen-bond donors (Lipinski definition) is 1. The van der Waals surface area contributed by atoms with Gasteiger partial charge in [-0.1, -0.05) is 24.3 Å². The third kappa shape index (κ3) is 2.82. The second kappa shape index (κ2) is 5.82. The maximum absolute atomic E-state index is 13.1. The molecule has 0 unspecified atom stereocenters. The first kappa shape index (κ1) is 15.0. The Bertz CT molecular complexity index is 755. The molecule has 1 aliphatic carbocycles. The number of ether oxygens (including phenoxy) is 2. The smallest absolute Gasteiger partial charge is 0.264 e. The zero-order valence-electron chi connectivity index (χ0n) is 13.1. The molecule has 2 aromatic rings. The first-order valence-corrected chi connectivity index (χ1v) is 8.09. The van der Waals surface area contributed by atoms with Crippen molar-refractivity contribution in [2.24, 2.45) is 0 Å². The minimum absolute atomic E-state index is 0.0726. The summed E-state index contributed by atoms with van der Waals surface area (Å²) in [5.41, 5.74) is 0.993. The van der Waals surface area contributed by atoms with Gasteiger partial charge in [-0.2, -0.15) is 0 Å². The minimum atomic E-state index is -0.649. The Morgan fingerprint density at radius 3 is 2.54 bits per heavy atom. The van der Waals surface area contributed by atoms with Gasteiger partial charge in [0, 0.05) is 12.0 Å². The van der Waals surface area contributed by atoms with Gasteiger partial charge in [0.15, 0.2) is 11.5 Å². The van der Waals surface area contributed by atoms with Crippen molar-refractivity contribution in [2.75, 3.05) is 13.2 Å². The van der Waals surface area contributed by atoms with Crippen molar-refractivity contribution in [3.8, 4) is 11.5 Å². The van der Waals surface area contributed by atoms with E-state index >= 15 is 0 Å². The fraction of sp³-hybridized carbons (Fsp3) is 0.316. The Kier molecular flexibility index (Phi) is 3.63. The summed E-state index contributed by atoms with van der Waals surface area (Å²) in [6, 6.07) is 13.8. The van der Waals surface area contributed by atoms with Crippen LogP contribution in [0.5, 0.6) is 11.5 Å². The van der Waals surface area contributed by atoms with Crippen molar-refractivity contribution in [2.45, 2.75) is 24.4 Å². The number of para-hydroxylation sites is 2. The molecule has 1 aliphatic heterocycles. The standard InChI is InChI=1S/C19H18FNO3/c20-14-7-5-13(6-8-14)19(9-10-19)12-21-18(22)17-11-23-15-3-1-2-4-16(15)24-17/h1-8,17H,9-12H2,(H,21,22)/t17-/m0/s1. The van der Waals surface area contributed by atoms with Gasteiger partial charge >= 0.3 is 0 Å². The van der Waals surface area contributed by atoms with Crippen LogP contribution < -0.4 is 14.8 Å². The minimum Gasteiger partial charge on any atom is -0.485 e. The first-order chi connectivity index (χ1) is 11.7. The molecule has 124 valence electrons. The van der Waals surface area contributed by atoms with Crippen LogP contribution in [0.25, 0.3) is 0 Å². The number of rotatable bonds is 4. The van der Waals surface area contributed by atoms with Crippen LogP contribution in [0, 0.1) is 5.82 Å². The molecule has 0 saturated heterocycles. The van der Waals surface area contributed by atoms with Crippen LogP contribution >= 0.6 is 0 Å². The Morgan fingerprint density at radius 1 is 1.12 bits per heavy atom. The Morgan fingerprint density at radius 2 is 1.83 bits per heavy atom. The number of halogens is 1. The van der Waals surface area contributed by atoms with Crippen LogP contribution in [0.15, 0.2) is 48.5 Å². The van der Waals surface area contributed by atoms with E-state index in [1.54, 1.807) is 18.2 Å². The van der Waals surface area contributed by atoms with E-state index in [1.165, 1.54) is 12.1 Å². The third-order valence-electron chi connectivity index (χ3n) is 4.71. The molecule has 1 fully saturated rings. The molecular weight excluding hydrogens is 309 g/mol. The van der Waals surface area contributed by atoms with Gasteiger partial charge in [-0.15, -0.1) is 0 Å². The number of hydrogen-bond acceptors (Lipinski definition) is 3. The summed E-state index contributed by atoms with van der Waals surface area (Å²) >= 11 is 0. The summed E-state index contributed by atoms with van der Waals surface area (Å²) in [5.74, 6) is 0.818. The number of benzene rings is 2. The van der Waals surface area contributed by atoms with Crippen LogP contribution in [-0.4, -0.2) is 25.2 Å². The average Bonchev–Trinajstić information content (AvgIpc) is 3.41. The highest BCUT2D eigenvalue weighted by atomic mass is 19.1. The van der Waals surface area contributed by atoms with Crippen LogP contribution in [0.3, 0.4) is 0 Å². The van der Waals surface area contributed by atoms with Gasteiger partial charge in [0.25, 0.3) is 5.91 Å². The van der Waals surface area contributed by atoms with E-state index in [0.717, 1.165) is 18.4 Å². The van der Waals surface area contributed by atoms with Gasteiger partial charge < -0.3 is 14.8 Å². The second-order valence-electron chi connectivity index (χ2n) is 6.37. The van der Waals surface area contributed by atoms with Gasteiger partial charge in [-0.3, -0.25) is 4.79 Å². The van der Waals surface area contributed by atoms with E-state index in [2.05, 4.69) is 5.32 Å². The van der Waals surface area contributed by atoms with E-state index in [0.29, 0.717) is 18.0 Å². The lowest BCUT2D eigenvalue weighted by atomic mass is 9.96. The maximum Gasteiger partial charge on any atom is 0.264 e. The predicted molar refractivity (Wildman–Crippen MR) is 86.7 cm³/mol. The molecule has 0 aromatic heterocycles. The van der Waals surface area contributed by atoms with E-state index < -0.39 is 6.10 Å². The topological polar surface area (TPSA) is 47.6 Å². The molecular formula is C19H18FNO3. The molecule has 1 amide bonds. The molecule has 1 N–H and O–H groups in total. The van der Waals surface area contributed by atoms with Crippen molar-refractivity contribution in [3.05, 3.63) is 59.9 Å². The normalized spacial score (nSPS) is 20.3. The second-order valence-corrected chi connectivity index (χ2v) is 6.37. The molecule has 4 nitrogen and oxygen atoms in total. The van der Waals surface area contributed by atoms with E-state index in [9.17, 15) is 9.18 Å². The Hall–Kier alpha value is -2.56. The van der Waals surface area contributed by atoms with Crippen molar-refractivity contribution in [1.29, 1.82) is 0 Å². The Labute approximate surface area is 139 Å². The molecule has 2 aliphatic rings. The molecule has 0 spiro atoms. The number of fused-ring (bicyclic) bond motifs is 1. The van der Waals surface area contributed by atoms with Gasteiger partial charge in [-0.25, -0.2) is 4.39 Å². The SMILES string of the molecule is O=C(NCC1(c2ccc(F)cc2)CC1)[C@@H]1COc2ccccc2O1. The zero-order chi connectivity index (χ0) is 16.6. The van der Waals surface area contributed by atoms with E-state index in [4.69, 9.17) is 9.47 Å². The van der Waals surface area contributed by atoms with Crippen molar-refractivity contribution in [1.82, 2.24) is 5.32 Å². The lowest BCUT2D eigenvalue weighted by Crippen LogP contribution is -2.46. The van der Waals surface area contributed by atoms with Gasteiger partial charge in [-0.05, 0) is 42.7 Å².